The Kier molecular flexibility index (Phi) is 2.53. The molecule has 0 aliphatic heterocycles. The van der Waals surface area contributed by atoms with Crippen molar-refractivity contribution in [2.45, 2.75) is 66.2 Å². The summed E-state index contributed by atoms with van der Waals surface area (Å²) in [6.45, 7) is 16.7. The van der Waals surface area contributed by atoms with Crippen LogP contribution in [0.4, 0.5) is 0 Å². The van der Waals surface area contributed by atoms with Crippen molar-refractivity contribution in [3.63, 3.8) is 0 Å². The predicted octanol–water partition coefficient (Wildman–Crippen LogP) is 4.90. The fourth-order valence-corrected chi connectivity index (χ4v) is 1.84. The molecule has 0 heterocycles. The Labute approximate surface area is 104 Å². The lowest BCUT2D eigenvalue weighted by molar-refractivity contribution is 0.564. The summed E-state index contributed by atoms with van der Waals surface area (Å²) in [5.74, 6) is 0. The predicted molar refractivity (Wildman–Crippen MR) is 73.3 cm³/mol. The van der Waals surface area contributed by atoms with Gasteiger partial charge in [0.05, 0.1) is 2.74 Å². The first-order valence-corrected chi connectivity index (χ1v) is 6.00. The molecule has 0 heteroatoms. The van der Waals surface area contributed by atoms with Gasteiger partial charge in [0.15, 0.2) is 0 Å². The van der Waals surface area contributed by atoms with Gasteiger partial charge >= 0.3 is 0 Å². The molecule has 1 aromatic rings. The molecule has 0 aromatic heterocycles. The molecule has 16 heavy (non-hydrogen) atoms. The maximum atomic E-state index is 8.52. The number of hydrogen-bond donors (Lipinski definition) is 0. The first-order valence-electron chi connectivity index (χ1n) is 7.00. The van der Waals surface area contributed by atoms with Crippen molar-refractivity contribution < 1.29 is 2.74 Å². The van der Waals surface area contributed by atoms with Gasteiger partial charge < -0.3 is 0 Å². The van der Waals surface area contributed by atoms with E-state index in [4.69, 9.17) is 2.74 Å². The summed E-state index contributed by atoms with van der Waals surface area (Å²) in [6, 6.07) is 1.10. The molecule has 1 rings (SSSR count). The van der Waals surface area contributed by atoms with E-state index >= 15 is 0 Å². The zero-order valence-corrected chi connectivity index (χ0v) is 12.0. The SMILES string of the molecule is [2H]c1c(C)c(C)c(C(C)(C)C)c([2H])c1C(C)(C)C. The Hall–Kier alpha value is -0.780. The second kappa shape index (κ2) is 3.91. The molecule has 1 aromatic carbocycles. The fraction of sp³-hybridized carbons (Fsp3) is 0.625. The molecule has 0 fully saturated rings. The van der Waals surface area contributed by atoms with Crippen LogP contribution in [0, 0.1) is 13.8 Å². The molecular formula is C16H26. The van der Waals surface area contributed by atoms with Crippen LogP contribution in [0.3, 0.4) is 0 Å². The van der Waals surface area contributed by atoms with Crippen molar-refractivity contribution in [1.29, 1.82) is 0 Å². The van der Waals surface area contributed by atoms with Crippen LogP contribution in [0.25, 0.3) is 0 Å². The molecule has 0 N–H and O–H groups in total. The summed E-state index contributed by atoms with van der Waals surface area (Å²) in [7, 11) is 0. The Morgan fingerprint density at radius 1 is 0.875 bits per heavy atom. The minimum Gasteiger partial charge on any atom is -0.0561 e. The summed E-state index contributed by atoms with van der Waals surface area (Å²) in [5.41, 5.74) is 3.86. The largest absolute Gasteiger partial charge is 0.0629 e. The smallest absolute Gasteiger partial charge is 0.0561 e. The molecule has 0 spiro atoms. The van der Waals surface area contributed by atoms with E-state index in [9.17, 15) is 0 Å². The standard InChI is InChI=1S/C16H26/c1-11-9-13(15(3,4)5)10-14(12(11)2)16(6,7)8/h9-10H,1-8H3/i9D,10D. The molecule has 0 unspecified atom stereocenters. The molecule has 0 amide bonds. The molecule has 0 nitrogen and oxygen atoms in total. The molecular weight excluding hydrogens is 192 g/mol. The summed E-state index contributed by atoms with van der Waals surface area (Å²) in [5, 5.41) is 0. The van der Waals surface area contributed by atoms with Gasteiger partial charge in [-0.15, -0.1) is 0 Å². The van der Waals surface area contributed by atoms with Gasteiger partial charge in [0.25, 0.3) is 0 Å². The van der Waals surface area contributed by atoms with Gasteiger partial charge in [-0.1, -0.05) is 53.6 Å². The van der Waals surface area contributed by atoms with E-state index in [0.29, 0.717) is 12.1 Å². The van der Waals surface area contributed by atoms with E-state index in [1.165, 1.54) is 0 Å². The minimum absolute atomic E-state index is 0.0559. The Bertz CT molecular complexity index is 430. The highest BCUT2D eigenvalue weighted by Crippen LogP contribution is 2.32. The van der Waals surface area contributed by atoms with Crippen LogP contribution >= 0.6 is 0 Å². The van der Waals surface area contributed by atoms with Crippen molar-refractivity contribution in [3.05, 3.63) is 34.3 Å². The van der Waals surface area contributed by atoms with Crippen LogP contribution in [-0.2, 0) is 10.8 Å². The van der Waals surface area contributed by atoms with Crippen LogP contribution in [0.5, 0.6) is 0 Å². The van der Waals surface area contributed by atoms with Crippen molar-refractivity contribution >= 4 is 0 Å². The van der Waals surface area contributed by atoms with E-state index in [1.807, 2.05) is 13.8 Å². The van der Waals surface area contributed by atoms with E-state index in [-0.39, 0.29) is 10.8 Å². The third-order valence-corrected chi connectivity index (χ3v) is 3.00. The first kappa shape index (κ1) is 10.4. The van der Waals surface area contributed by atoms with Gasteiger partial charge in [0.1, 0.15) is 0 Å². The normalized spacial score (nSPS) is 14.8. The third kappa shape index (κ3) is 2.66. The van der Waals surface area contributed by atoms with E-state index in [2.05, 4.69) is 41.5 Å². The topological polar surface area (TPSA) is 0 Å². The highest BCUT2D eigenvalue weighted by atomic mass is 14.3. The zero-order valence-electron chi connectivity index (χ0n) is 14.0. The fourth-order valence-electron chi connectivity index (χ4n) is 1.84. The van der Waals surface area contributed by atoms with Gasteiger partial charge in [0.2, 0.25) is 0 Å². The van der Waals surface area contributed by atoms with Crippen molar-refractivity contribution in [3.8, 4) is 0 Å². The molecule has 0 radical (unpaired) electrons. The molecule has 0 bridgehead atoms. The van der Waals surface area contributed by atoms with Crippen molar-refractivity contribution in [1.82, 2.24) is 0 Å². The summed E-state index contributed by atoms with van der Waals surface area (Å²) in [6.07, 6.45) is 0. The Morgan fingerprint density at radius 3 is 1.75 bits per heavy atom. The maximum Gasteiger partial charge on any atom is 0.0629 e. The van der Waals surface area contributed by atoms with Crippen molar-refractivity contribution in [2.75, 3.05) is 0 Å². The summed E-state index contributed by atoms with van der Waals surface area (Å²) >= 11 is 0. The van der Waals surface area contributed by atoms with Crippen LogP contribution in [-0.4, -0.2) is 0 Å². The second-order valence-electron chi connectivity index (χ2n) is 6.75. The Morgan fingerprint density at radius 2 is 1.38 bits per heavy atom. The van der Waals surface area contributed by atoms with Gasteiger partial charge in [-0.25, -0.2) is 0 Å². The molecule has 0 saturated heterocycles. The second-order valence-corrected chi connectivity index (χ2v) is 6.75. The summed E-state index contributed by atoms with van der Waals surface area (Å²) in [4.78, 5) is 0. The average molecular weight is 220 g/mol. The molecule has 0 aliphatic rings. The van der Waals surface area contributed by atoms with E-state index < -0.39 is 0 Å². The lowest BCUT2D eigenvalue weighted by Crippen LogP contribution is -2.18. The van der Waals surface area contributed by atoms with E-state index in [1.54, 1.807) is 0 Å². The average Bonchev–Trinajstić information content (AvgIpc) is 2.09. The Balaban J connectivity index is 3.83. The van der Waals surface area contributed by atoms with Crippen LogP contribution in [0.15, 0.2) is 12.1 Å². The molecule has 0 atom stereocenters. The van der Waals surface area contributed by atoms with Gasteiger partial charge in [-0.2, -0.15) is 0 Å². The molecule has 0 aliphatic carbocycles. The van der Waals surface area contributed by atoms with Crippen molar-refractivity contribution in [2.24, 2.45) is 0 Å². The van der Waals surface area contributed by atoms with Gasteiger partial charge in [0, 0.05) is 0 Å². The molecule has 0 saturated carbocycles. The lowest BCUT2D eigenvalue weighted by Gasteiger charge is -2.28. The zero-order chi connectivity index (χ0) is 14.5. The first-order chi connectivity index (χ1) is 7.89. The number of benzene rings is 1. The minimum atomic E-state index is -0.160. The maximum absolute atomic E-state index is 8.52. The van der Waals surface area contributed by atoms with Gasteiger partial charge in [-0.05, 0) is 46.9 Å². The number of rotatable bonds is 0. The summed E-state index contributed by atoms with van der Waals surface area (Å²) < 4.78 is 16.8. The van der Waals surface area contributed by atoms with Gasteiger partial charge in [-0.3, -0.25) is 0 Å². The van der Waals surface area contributed by atoms with Crippen LogP contribution < -0.4 is 0 Å². The lowest BCUT2D eigenvalue weighted by atomic mass is 9.77. The highest BCUT2D eigenvalue weighted by molar-refractivity contribution is 5.43. The monoisotopic (exact) mass is 220 g/mol. The molecule has 90 valence electrons. The highest BCUT2D eigenvalue weighted by Gasteiger charge is 2.21. The van der Waals surface area contributed by atoms with E-state index in [0.717, 1.165) is 22.3 Å². The third-order valence-electron chi connectivity index (χ3n) is 3.00. The van der Waals surface area contributed by atoms with Crippen LogP contribution in [0.1, 0.15) is 66.5 Å². The van der Waals surface area contributed by atoms with Crippen LogP contribution in [0.2, 0.25) is 0 Å². The quantitative estimate of drug-likeness (QED) is 0.583. The number of hydrogen-bond acceptors (Lipinski definition) is 0.